The third-order valence-electron chi connectivity index (χ3n) is 3.99. The molecular formula is C19H20N2. The smallest absolute Gasteiger partial charge is 0.0708 e. The summed E-state index contributed by atoms with van der Waals surface area (Å²) in [5.41, 5.74) is 6.15. The molecule has 1 N–H and O–H groups in total. The SMILES string of the molecule is Cc1nc2ccccc2c(CNCc2ccccc2)c1C. The third-order valence-corrected chi connectivity index (χ3v) is 3.99. The number of rotatable bonds is 4. The Kier molecular flexibility index (Phi) is 3.98. The van der Waals surface area contributed by atoms with Crippen LogP contribution in [0.2, 0.25) is 0 Å². The predicted molar refractivity (Wildman–Crippen MR) is 88.2 cm³/mol. The summed E-state index contributed by atoms with van der Waals surface area (Å²) in [5, 5.41) is 4.80. The van der Waals surface area contributed by atoms with Gasteiger partial charge in [-0.2, -0.15) is 0 Å². The maximum absolute atomic E-state index is 4.67. The first-order valence-electron chi connectivity index (χ1n) is 7.35. The van der Waals surface area contributed by atoms with Gasteiger partial charge in [0.25, 0.3) is 0 Å². The van der Waals surface area contributed by atoms with Gasteiger partial charge < -0.3 is 5.32 Å². The van der Waals surface area contributed by atoms with Gasteiger partial charge in [0.15, 0.2) is 0 Å². The van der Waals surface area contributed by atoms with Crippen molar-refractivity contribution in [1.82, 2.24) is 10.3 Å². The minimum Gasteiger partial charge on any atom is -0.309 e. The van der Waals surface area contributed by atoms with Crippen molar-refractivity contribution >= 4 is 10.9 Å². The lowest BCUT2D eigenvalue weighted by atomic mass is 10.0. The van der Waals surface area contributed by atoms with E-state index in [2.05, 4.69) is 66.6 Å². The van der Waals surface area contributed by atoms with E-state index in [1.807, 2.05) is 12.1 Å². The fourth-order valence-corrected chi connectivity index (χ4v) is 2.67. The summed E-state index contributed by atoms with van der Waals surface area (Å²) >= 11 is 0. The van der Waals surface area contributed by atoms with E-state index in [1.165, 1.54) is 22.1 Å². The van der Waals surface area contributed by atoms with Gasteiger partial charge in [-0.05, 0) is 36.6 Å². The zero-order valence-electron chi connectivity index (χ0n) is 12.6. The Morgan fingerprint density at radius 3 is 2.38 bits per heavy atom. The molecule has 3 aromatic rings. The van der Waals surface area contributed by atoms with Gasteiger partial charge in [0, 0.05) is 24.2 Å². The first-order chi connectivity index (χ1) is 10.3. The number of nitrogens with one attached hydrogen (secondary N) is 1. The van der Waals surface area contributed by atoms with Crippen molar-refractivity contribution in [3.05, 3.63) is 77.0 Å². The average Bonchev–Trinajstić information content (AvgIpc) is 2.52. The molecule has 0 saturated carbocycles. The van der Waals surface area contributed by atoms with E-state index in [0.29, 0.717) is 0 Å². The number of aromatic nitrogens is 1. The zero-order chi connectivity index (χ0) is 14.7. The third kappa shape index (κ3) is 2.96. The van der Waals surface area contributed by atoms with E-state index >= 15 is 0 Å². The first-order valence-corrected chi connectivity index (χ1v) is 7.35. The monoisotopic (exact) mass is 276 g/mol. The Balaban J connectivity index is 1.84. The van der Waals surface area contributed by atoms with Crippen LogP contribution in [-0.4, -0.2) is 4.98 Å². The van der Waals surface area contributed by atoms with Gasteiger partial charge >= 0.3 is 0 Å². The van der Waals surface area contributed by atoms with Crippen LogP contribution in [0.15, 0.2) is 54.6 Å². The van der Waals surface area contributed by atoms with Crippen LogP contribution in [0.5, 0.6) is 0 Å². The molecule has 21 heavy (non-hydrogen) atoms. The lowest BCUT2D eigenvalue weighted by Gasteiger charge is -2.13. The molecule has 3 rings (SSSR count). The standard InChI is InChI=1S/C19H20N2/c1-14-15(2)21-19-11-7-6-10-17(19)18(14)13-20-12-16-8-4-3-5-9-16/h3-11,20H,12-13H2,1-2H3. The quantitative estimate of drug-likeness (QED) is 0.774. The molecule has 0 aliphatic rings. The molecule has 2 heteroatoms. The molecule has 106 valence electrons. The number of aryl methyl sites for hydroxylation is 1. The molecule has 0 radical (unpaired) electrons. The summed E-state index contributed by atoms with van der Waals surface area (Å²) in [6, 6.07) is 18.9. The molecule has 0 fully saturated rings. The van der Waals surface area contributed by atoms with Crippen LogP contribution >= 0.6 is 0 Å². The van der Waals surface area contributed by atoms with Crippen LogP contribution in [0, 0.1) is 13.8 Å². The number of nitrogens with zero attached hydrogens (tertiary/aromatic N) is 1. The van der Waals surface area contributed by atoms with Crippen molar-refractivity contribution in [2.45, 2.75) is 26.9 Å². The fraction of sp³-hybridized carbons (Fsp3) is 0.211. The van der Waals surface area contributed by atoms with Crippen LogP contribution in [0.3, 0.4) is 0 Å². The number of para-hydroxylation sites is 1. The van der Waals surface area contributed by atoms with E-state index in [4.69, 9.17) is 0 Å². The lowest BCUT2D eigenvalue weighted by Crippen LogP contribution is -2.14. The molecule has 0 unspecified atom stereocenters. The van der Waals surface area contributed by atoms with Crippen LogP contribution < -0.4 is 5.32 Å². The predicted octanol–water partition coefficient (Wildman–Crippen LogP) is 4.14. The normalized spacial score (nSPS) is 11.0. The zero-order valence-corrected chi connectivity index (χ0v) is 12.6. The lowest BCUT2D eigenvalue weighted by molar-refractivity contribution is 0.693. The molecule has 0 aliphatic carbocycles. The summed E-state index contributed by atoms with van der Waals surface area (Å²) < 4.78 is 0. The number of pyridine rings is 1. The summed E-state index contributed by atoms with van der Waals surface area (Å²) in [4.78, 5) is 4.67. The molecule has 1 aromatic heterocycles. The minimum atomic E-state index is 0.866. The van der Waals surface area contributed by atoms with Gasteiger partial charge in [0.1, 0.15) is 0 Å². The number of hydrogen-bond acceptors (Lipinski definition) is 2. The molecule has 0 aliphatic heterocycles. The summed E-state index contributed by atoms with van der Waals surface area (Å²) in [6.07, 6.45) is 0. The molecular weight excluding hydrogens is 256 g/mol. The Bertz CT molecular complexity index is 748. The van der Waals surface area contributed by atoms with Crippen molar-refractivity contribution in [2.24, 2.45) is 0 Å². The van der Waals surface area contributed by atoms with Crippen LogP contribution in [-0.2, 0) is 13.1 Å². The number of benzene rings is 2. The molecule has 1 heterocycles. The molecule has 0 atom stereocenters. The van der Waals surface area contributed by atoms with E-state index in [1.54, 1.807) is 0 Å². The highest BCUT2D eigenvalue weighted by Crippen LogP contribution is 2.22. The maximum Gasteiger partial charge on any atom is 0.0708 e. The van der Waals surface area contributed by atoms with Crippen LogP contribution in [0.25, 0.3) is 10.9 Å². The van der Waals surface area contributed by atoms with E-state index in [0.717, 1.165) is 24.3 Å². The molecule has 0 bridgehead atoms. The van der Waals surface area contributed by atoms with Gasteiger partial charge in [-0.3, -0.25) is 4.98 Å². The highest BCUT2D eigenvalue weighted by atomic mass is 14.9. The van der Waals surface area contributed by atoms with Gasteiger partial charge in [0.05, 0.1) is 5.52 Å². The van der Waals surface area contributed by atoms with Crippen molar-refractivity contribution in [3.63, 3.8) is 0 Å². The van der Waals surface area contributed by atoms with Crippen molar-refractivity contribution in [2.75, 3.05) is 0 Å². The van der Waals surface area contributed by atoms with E-state index in [9.17, 15) is 0 Å². The first kappa shape index (κ1) is 13.8. The molecule has 2 nitrogen and oxygen atoms in total. The molecule has 0 saturated heterocycles. The molecule has 0 spiro atoms. The second-order valence-electron chi connectivity index (χ2n) is 5.41. The largest absolute Gasteiger partial charge is 0.309 e. The van der Waals surface area contributed by atoms with Gasteiger partial charge in [0.2, 0.25) is 0 Å². The maximum atomic E-state index is 4.67. The molecule has 0 amide bonds. The van der Waals surface area contributed by atoms with E-state index in [-0.39, 0.29) is 0 Å². The Morgan fingerprint density at radius 1 is 0.857 bits per heavy atom. The second-order valence-corrected chi connectivity index (χ2v) is 5.41. The van der Waals surface area contributed by atoms with Gasteiger partial charge in [-0.1, -0.05) is 48.5 Å². The van der Waals surface area contributed by atoms with Crippen LogP contribution in [0.4, 0.5) is 0 Å². The van der Waals surface area contributed by atoms with Crippen molar-refractivity contribution < 1.29 is 0 Å². The summed E-state index contributed by atoms with van der Waals surface area (Å²) in [7, 11) is 0. The van der Waals surface area contributed by atoms with E-state index < -0.39 is 0 Å². The Labute approximate surface area is 125 Å². The topological polar surface area (TPSA) is 24.9 Å². The summed E-state index contributed by atoms with van der Waals surface area (Å²) in [5.74, 6) is 0. The van der Waals surface area contributed by atoms with Gasteiger partial charge in [-0.15, -0.1) is 0 Å². The second kappa shape index (κ2) is 6.06. The molecule has 2 aromatic carbocycles. The Morgan fingerprint density at radius 2 is 1.57 bits per heavy atom. The summed E-state index contributed by atoms with van der Waals surface area (Å²) in [6.45, 7) is 6.00. The van der Waals surface area contributed by atoms with Crippen molar-refractivity contribution in [3.8, 4) is 0 Å². The van der Waals surface area contributed by atoms with Gasteiger partial charge in [-0.25, -0.2) is 0 Å². The highest BCUT2D eigenvalue weighted by Gasteiger charge is 2.08. The highest BCUT2D eigenvalue weighted by molar-refractivity contribution is 5.83. The number of hydrogen-bond donors (Lipinski definition) is 1. The van der Waals surface area contributed by atoms with Crippen LogP contribution in [0.1, 0.15) is 22.4 Å². The fourth-order valence-electron chi connectivity index (χ4n) is 2.67. The average molecular weight is 276 g/mol. The number of fused-ring (bicyclic) bond motifs is 1. The minimum absolute atomic E-state index is 0.866. The van der Waals surface area contributed by atoms with Crippen molar-refractivity contribution in [1.29, 1.82) is 0 Å². The Hall–Kier alpha value is -2.19.